The Morgan fingerprint density at radius 1 is 1.56 bits per heavy atom. The number of aliphatic hydroxyl groups excluding tert-OH is 1. The fourth-order valence-corrected chi connectivity index (χ4v) is 1.44. The van der Waals surface area contributed by atoms with Gasteiger partial charge in [-0.2, -0.15) is 0 Å². The Morgan fingerprint density at radius 3 is 2.69 bits per heavy atom. The van der Waals surface area contributed by atoms with E-state index < -0.39 is 11.0 Å². The van der Waals surface area contributed by atoms with Gasteiger partial charge in [0.25, 0.3) is 5.69 Å². The van der Waals surface area contributed by atoms with Crippen LogP contribution in [0.2, 0.25) is 0 Å². The number of hydrogen-bond donors (Lipinski definition) is 1. The number of pyridine rings is 1. The number of rotatable bonds is 4. The smallest absolute Gasteiger partial charge is 0.293 e. The van der Waals surface area contributed by atoms with Crippen LogP contribution in [0.25, 0.3) is 0 Å². The van der Waals surface area contributed by atoms with Crippen molar-refractivity contribution in [3.05, 3.63) is 33.6 Å². The van der Waals surface area contributed by atoms with Crippen LogP contribution in [0.1, 0.15) is 25.1 Å². The Morgan fingerprint density at radius 2 is 2.19 bits per heavy atom. The maximum Gasteiger partial charge on any atom is 0.293 e. The minimum absolute atomic E-state index is 0.0159. The molecule has 1 aromatic rings. The Balaban J connectivity index is 3.04. The van der Waals surface area contributed by atoms with Gasteiger partial charge in [-0.3, -0.25) is 15.1 Å². The molecule has 1 unspecified atom stereocenters. The van der Waals surface area contributed by atoms with E-state index in [2.05, 4.69) is 4.98 Å². The molecular weight excluding hydrogens is 208 g/mol. The van der Waals surface area contributed by atoms with Crippen molar-refractivity contribution in [1.29, 1.82) is 0 Å². The summed E-state index contributed by atoms with van der Waals surface area (Å²) in [6.07, 6.45) is 1.15. The second-order valence-corrected chi connectivity index (χ2v) is 4.20. The molecule has 88 valence electrons. The zero-order chi connectivity index (χ0) is 12.3. The summed E-state index contributed by atoms with van der Waals surface area (Å²) < 4.78 is 0. The van der Waals surface area contributed by atoms with Crippen LogP contribution in [0.5, 0.6) is 0 Å². The number of aryl methyl sites for hydroxylation is 1. The second-order valence-electron chi connectivity index (χ2n) is 4.20. The summed E-state index contributed by atoms with van der Waals surface area (Å²) in [6, 6.07) is 1.60. The highest BCUT2D eigenvalue weighted by Crippen LogP contribution is 2.23. The first-order valence-electron chi connectivity index (χ1n) is 5.20. The highest BCUT2D eigenvalue weighted by Gasteiger charge is 2.21. The van der Waals surface area contributed by atoms with Crippen molar-refractivity contribution in [3.63, 3.8) is 0 Å². The maximum atomic E-state index is 10.9. The summed E-state index contributed by atoms with van der Waals surface area (Å²) >= 11 is 0. The number of nitrogens with zero attached hydrogens (tertiary/aromatic N) is 2. The van der Waals surface area contributed by atoms with Gasteiger partial charge in [0.2, 0.25) is 0 Å². The zero-order valence-electron chi connectivity index (χ0n) is 9.67. The number of aromatic nitrogens is 1. The van der Waals surface area contributed by atoms with Gasteiger partial charge in [0.1, 0.15) is 5.69 Å². The van der Waals surface area contributed by atoms with Crippen LogP contribution in [-0.4, -0.2) is 21.1 Å². The number of hydrogen-bond acceptors (Lipinski definition) is 4. The Labute approximate surface area is 94.3 Å². The zero-order valence-corrected chi connectivity index (χ0v) is 9.67. The van der Waals surface area contributed by atoms with E-state index in [1.165, 1.54) is 6.20 Å². The molecule has 0 bridgehead atoms. The van der Waals surface area contributed by atoms with E-state index in [1.54, 1.807) is 13.0 Å². The molecule has 1 aromatic heterocycles. The third kappa shape index (κ3) is 2.76. The number of nitro groups is 1. The molecule has 1 N–H and O–H groups in total. The predicted octanol–water partition coefficient (Wildman–Crippen LogP) is 1.86. The lowest BCUT2D eigenvalue weighted by Gasteiger charge is -2.13. The third-order valence-corrected chi connectivity index (χ3v) is 2.56. The van der Waals surface area contributed by atoms with Crippen molar-refractivity contribution in [2.75, 3.05) is 0 Å². The molecule has 0 aliphatic heterocycles. The monoisotopic (exact) mass is 224 g/mol. The molecule has 0 radical (unpaired) electrons. The lowest BCUT2D eigenvalue weighted by Crippen LogP contribution is -2.19. The second kappa shape index (κ2) is 5.03. The van der Waals surface area contributed by atoms with Crippen LogP contribution in [0, 0.1) is 23.0 Å². The first kappa shape index (κ1) is 12.6. The molecule has 0 fully saturated rings. The molecule has 0 spiro atoms. The molecule has 0 aliphatic carbocycles. The summed E-state index contributed by atoms with van der Waals surface area (Å²) in [5.41, 5.74) is 0.944. The molecule has 0 aromatic carbocycles. The Kier molecular flexibility index (Phi) is 3.95. The summed E-state index contributed by atoms with van der Waals surface area (Å²) in [4.78, 5) is 14.4. The first-order chi connectivity index (χ1) is 7.43. The number of aliphatic hydroxyl groups is 1. The normalized spacial score (nSPS) is 12.8. The third-order valence-electron chi connectivity index (χ3n) is 2.56. The van der Waals surface area contributed by atoms with Crippen molar-refractivity contribution < 1.29 is 10.0 Å². The van der Waals surface area contributed by atoms with Crippen LogP contribution < -0.4 is 0 Å². The van der Waals surface area contributed by atoms with E-state index in [-0.39, 0.29) is 18.0 Å². The van der Waals surface area contributed by atoms with Crippen LogP contribution in [0.4, 0.5) is 5.69 Å². The Bertz CT molecular complexity index is 391. The van der Waals surface area contributed by atoms with Crippen molar-refractivity contribution in [3.8, 4) is 0 Å². The molecule has 0 aliphatic rings. The lowest BCUT2D eigenvalue weighted by molar-refractivity contribution is -0.386. The van der Waals surface area contributed by atoms with Gasteiger partial charge in [-0.15, -0.1) is 0 Å². The van der Waals surface area contributed by atoms with E-state index in [0.29, 0.717) is 11.3 Å². The quantitative estimate of drug-likeness (QED) is 0.625. The Hall–Kier alpha value is -1.49. The van der Waals surface area contributed by atoms with Crippen molar-refractivity contribution in [2.45, 2.75) is 33.3 Å². The fourth-order valence-electron chi connectivity index (χ4n) is 1.44. The summed E-state index contributed by atoms with van der Waals surface area (Å²) in [5, 5.41) is 20.6. The minimum atomic E-state index is -0.604. The van der Waals surface area contributed by atoms with E-state index >= 15 is 0 Å². The van der Waals surface area contributed by atoms with Gasteiger partial charge in [-0.05, 0) is 18.9 Å². The van der Waals surface area contributed by atoms with Crippen LogP contribution in [0.15, 0.2) is 12.3 Å². The first-order valence-corrected chi connectivity index (χ1v) is 5.20. The van der Waals surface area contributed by atoms with Crippen LogP contribution >= 0.6 is 0 Å². The summed E-state index contributed by atoms with van der Waals surface area (Å²) in [6.45, 7) is 5.41. The average molecular weight is 224 g/mol. The average Bonchev–Trinajstić information content (AvgIpc) is 2.16. The highest BCUT2D eigenvalue weighted by molar-refractivity contribution is 5.43. The highest BCUT2D eigenvalue weighted by atomic mass is 16.6. The van der Waals surface area contributed by atoms with E-state index in [4.69, 9.17) is 0 Å². The molecule has 1 rings (SSSR count). The fraction of sp³-hybridized carbons (Fsp3) is 0.545. The van der Waals surface area contributed by atoms with Gasteiger partial charge < -0.3 is 5.11 Å². The van der Waals surface area contributed by atoms with Gasteiger partial charge in [0.15, 0.2) is 0 Å². The predicted molar refractivity (Wildman–Crippen MR) is 60.2 cm³/mol. The molecule has 0 amide bonds. The van der Waals surface area contributed by atoms with Crippen molar-refractivity contribution in [2.24, 2.45) is 5.92 Å². The van der Waals surface area contributed by atoms with E-state index in [0.717, 1.165) is 0 Å². The largest absolute Gasteiger partial charge is 0.392 e. The van der Waals surface area contributed by atoms with Crippen molar-refractivity contribution in [1.82, 2.24) is 4.98 Å². The van der Waals surface area contributed by atoms with Gasteiger partial charge in [-0.25, -0.2) is 0 Å². The molecule has 0 saturated carbocycles. The van der Waals surface area contributed by atoms with Gasteiger partial charge >= 0.3 is 0 Å². The molecule has 1 atom stereocenters. The summed E-state index contributed by atoms with van der Waals surface area (Å²) in [7, 11) is 0. The van der Waals surface area contributed by atoms with Gasteiger partial charge in [0, 0.05) is 18.2 Å². The molecule has 5 nitrogen and oxygen atoms in total. The van der Waals surface area contributed by atoms with Crippen LogP contribution in [0.3, 0.4) is 0 Å². The lowest BCUT2D eigenvalue weighted by atomic mass is 10.0. The molecule has 5 heteroatoms. The summed E-state index contributed by atoms with van der Waals surface area (Å²) in [5.74, 6) is 0.0573. The van der Waals surface area contributed by atoms with E-state index in [1.807, 2.05) is 13.8 Å². The topological polar surface area (TPSA) is 76.3 Å². The van der Waals surface area contributed by atoms with Crippen LogP contribution in [-0.2, 0) is 6.42 Å². The van der Waals surface area contributed by atoms with Gasteiger partial charge in [0.05, 0.1) is 11.0 Å². The minimum Gasteiger partial charge on any atom is -0.392 e. The SMILES string of the molecule is Cc1ccnc(CC(O)C(C)C)c1[N+](=O)[O-]. The molecule has 1 heterocycles. The van der Waals surface area contributed by atoms with Gasteiger partial charge in [-0.1, -0.05) is 13.8 Å². The van der Waals surface area contributed by atoms with E-state index in [9.17, 15) is 15.2 Å². The molecule has 16 heavy (non-hydrogen) atoms. The molecule has 0 saturated heterocycles. The standard InChI is InChI=1S/C11H16N2O3/c1-7(2)10(14)6-9-11(13(15)16)8(3)4-5-12-9/h4-5,7,10,14H,6H2,1-3H3. The van der Waals surface area contributed by atoms with Crippen molar-refractivity contribution >= 4 is 5.69 Å². The maximum absolute atomic E-state index is 10.9. The molecular formula is C11H16N2O3.